The first-order valence-electron chi connectivity index (χ1n) is 6.88. The maximum Gasteiger partial charge on any atom is 0.436 e. The normalized spacial score (nSPS) is 11.8. The molecule has 2 aromatic heterocycles. The fourth-order valence-corrected chi connectivity index (χ4v) is 2.56. The van der Waals surface area contributed by atoms with Crippen LogP contribution in [0.4, 0.5) is 13.2 Å². The standard InChI is InChI=1S/C13H14Cl2F3N5O/c1-7-8(14)6-23(20-7)5-3-4-19-12(24)10-9(15)11(13(16,17)18)21-22(10)2/h6H,3-5H2,1-2H3,(H,19,24). The Morgan fingerprint density at radius 3 is 2.50 bits per heavy atom. The van der Waals surface area contributed by atoms with Crippen LogP contribution in [-0.4, -0.2) is 32.0 Å². The molecule has 24 heavy (non-hydrogen) atoms. The Hall–Kier alpha value is -1.74. The van der Waals surface area contributed by atoms with Gasteiger partial charge in [-0.15, -0.1) is 0 Å². The SMILES string of the molecule is Cc1nn(CCCNC(=O)c2c(Cl)c(C(F)(F)F)nn2C)cc1Cl. The Morgan fingerprint density at radius 1 is 1.33 bits per heavy atom. The number of carbonyl (C=O) groups excluding carboxylic acids is 1. The number of rotatable bonds is 5. The minimum absolute atomic E-state index is 0.234. The van der Waals surface area contributed by atoms with Crippen LogP contribution in [0.25, 0.3) is 0 Å². The second-order valence-electron chi connectivity index (χ2n) is 5.07. The van der Waals surface area contributed by atoms with Crippen molar-refractivity contribution in [2.24, 2.45) is 7.05 Å². The van der Waals surface area contributed by atoms with E-state index in [0.717, 1.165) is 4.68 Å². The van der Waals surface area contributed by atoms with Crippen LogP contribution in [0, 0.1) is 6.92 Å². The van der Waals surface area contributed by atoms with Gasteiger partial charge in [-0.25, -0.2) is 0 Å². The summed E-state index contributed by atoms with van der Waals surface area (Å²) >= 11 is 11.5. The molecule has 0 saturated carbocycles. The van der Waals surface area contributed by atoms with Gasteiger partial charge in [0, 0.05) is 26.3 Å². The Kier molecular flexibility index (Phi) is 5.44. The van der Waals surface area contributed by atoms with E-state index < -0.39 is 22.8 Å². The molecular weight excluding hydrogens is 370 g/mol. The number of nitrogens with one attached hydrogen (secondary N) is 1. The predicted molar refractivity (Wildman–Crippen MR) is 82.1 cm³/mol. The topological polar surface area (TPSA) is 64.7 Å². The summed E-state index contributed by atoms with van der Waals surface area (Å²) in [5, 5.41) is 9.76. The highest BCUT2D eigenvalue weighted by atomic mass is 35.5. The summed E-state index contributed by atoms with van der Waals surface area (Å²) in [4.78, 5) is 12.0. The molecule has 1 N–H and O–H groups in total. The number of hydrogen-bond donors (Lipinski definition) is 1. The number of aromatic nitrogens is 4. The monoisotopic (exact) mass is 383 g/mol. The Morgan fingerprint density at radius 2 is 2.00 bits per heavy atom. The second kappa shape index (κ2) is 7.02. The van der Waals surface area contributed by atoms with Crippen molar-refractivity contribution in [1.82, 2.24) is 24.9 Å². The Labute approximate surface area is 145 Å². The fourth-order valence-electron chi connectivity index (χ4n) is 2.06. The van der Waals surface area contributed by atoms with Crippen molar-refractivity contribution < 1.29 is 18.0 Å². The van der Waals surface area contributed by atoms with Crippen molar-refractivity contribution in [3.05, 3.63) is 33.3 Å². The summed E-state index contributed by atoms with van der Waals surface area (Å²) in [5.41, 5.74) is -0.914. The Balaban J connectivity index is 1.94. The van der Waals surface area contributed by atoms with E-state index >= 15 is 0 Å². The molecule has 2 heterocycles. The number of aryl methyl sites for hydroxylation is 3. The predicted octanol–water partition coefficient (Wildman–Crippen LogP) is 3.07. The largest absolute Gasteiger partial charge is 0.436 e. The van der Waals surface area contributed by atoms with Gasteiger partial charge in [-0.1, -0.05) is 23.2 Å². The highest BCUT2D eigenvalue weighted by Crippen LogP contribution is 2.35. The van der Waals surface area contributed by atoms with Gasteiger partial charge in [0.05, 0.1) is 10.7 Å². The number of hydrogen-bond acceptors (Lipinski definition) is 3. The average Bonchev–Trinajstić information content (AvgIpc) is 2.94. The molecule has 0 aromatic carbocycles. The summed E-state index contributed by atoms with van der Waals surface area (Å²) in [7, 11) is 1.23. The van der Waals surface area contributed by atoms with Gasteiger partial charge in [0.2, 0.25) is 0 Å². The van der Waals surface area contributed by atoms with E-state index in [1.807, 2.05) is 0 Å². The van der Waals surface area contributed by atoms with Crippen molar-refractivity contribution in [2.45, 2.75) is 26.1 Å². The molecule has 2 aromatic rings. The van der Waals surface area contributed by atoms with E-state index in [-0.39, 0.29) is 12.2 Å². The summed E-state index contributed by atoms with van der Waals surface area (Å²) < 4.78 is 40.6. The molecule has 11 heteroatoms. The van der Waals surface area contributed by atoms with E-state index in [0.29, 0.717) is 23.7 Å². The van der Waals surface area contributed by atoms with Gasteiger partial charge in [0.25, 0.3) is 5.91 Å². The Bertz CT molecular complexity index is 734. The highest BCUT2D eigenvalue weighted by molar-refractivity contribution is 6.34. The van der Waals surface area contributed by atoms with Gasteiger partial charge in [0.1, 0.15) is 10.7 Å². The van der Waals surface area contributed by atoms with Gasteiger partial charge in [-0.05, 0) is 13.3 Å². The van der Waals surface area contributed by atoms with Crippen LogP contribution in [0.3, 0.4) is 0 Å². The highest BCUT2D eigenvalue weighted by Gasteiger charge is 2.39. The zero-order valence-corrected chi connectivity index (χ0v) is 14.3. The van der Waals surface area contributed by atoms with E-state index in [1.165, 1.54) is 7.05 Å². The number of carbonyl (C=O) groups is 1. The first-order valence-corrected chi connectivity index (χ1v) is 7.64. The fraction of sp³-hybridized carbons (Fsp3) is 0.462. The first-order chi connectivity index (χ1) is 11.1. The van der Waals surface area contributed by atoms with Gasteiger partial charge < -0.3 is 5.32 Å². The van der Waals surface area contributed by atoms with Crippen LogP contribution >= 0.6 is 23.2 Å². The summed E-state index contributed by atoms with van der Waals surface area (Å²) in [6.07, 6.45) is -2.54. The van der Waals surface area contributed by atoms with Gasteiger partial charge in [-0.2, -0.15) is 23.4 Å². The molecule has 0 radical (unpaired) electrons. The zero-order chi connectivity index (χ0) is 18.1. The smallest absolute Gasteiger partial charge is 0.351 e. The van der Waals surface area contributed by atoms with Crippen molar-refractivity contribution >= 4 is 29.1 Å². The molecule has 6 nitrogen and oxygen atoms in total. The number of alkyl halides is 3. The lowest BCUT2D eigenvalue weighted by Gasteiger charge is -2.06. The third-order valence-corrected chi connectivity index (χ3v) is 3.94. The molecular formula is C13H14Cl2F3N5O. The molecule has 0 spiro atoms. The van der Waals surface area contributed by atoms with Crippen LogP contribution < -0.4 is 5.32 Å². The second-order valence-corrected chi connectivity index (χ2v) is 5.85. The minimum atomic E-state index is -4.72. The molecule has 132 valence electrons. The van der Waals surface area contributed by atoms with Gasteiger partial charge in [-0.3, -0.25) is 14.2 Å². The van der Waals surface area contributed by atoms with Crippen LogP contribution in [0.2, 0.25) is 10.0 Å². The lowest BCUT2D eigenvalue weighted by molar-refractivity contribution is -0.141. The minimum Gasteiger partial charge on any atom is -0.351 e. The van der Waals surface area contributed by atoms with E-state index in [2.05, 4.69) is 15.5 Å². The average molecular weight is 384 g/mol. The third kappa shape index (κ3) is 4.02. The quantitative estimate of drug-likeness (QED) is 0.806. The lowest BCUT2D eigenvalue weighted by atomic mass is 10.3. The number of nitrogens with zero attached hydrogens (tertiary/aromatic N) is 4. The number of halogens is 5. The van der Waals surface area contributed by atoms with Crippen molar-refractivity contribution in [1.29, 1.82) is 0 Å². The molecule has 0 aliphatic rings. The third-order valence-electron chi connectivity index (χ3n) is 3.21. The molecule has 0 bridgehead atoms. The number of amides is 1. The van der Waals surface area contributed by atoms with E-state index in [9.17, 15) is 18.0 Å². The lowest BCUT2D eigenvalue weighted by Crippen LogP contribution is -2.27. The van der Waals surface area contributed by atoms with Crippen molar-refractivity contribution in [2.75, 3.05) is 6.54 Å². The molecule has 0 aliphatic carbocycles. The van der Waals surface area contributed by atoms with Gasteiger partial charge >= 0.3 is 6.18 Å². The van der Waals surface area contributed by atoms with Crippen LogP contribution in [0.5, 0.6) is 0 Å². The van der Waals surface area contributed by atoms with Crippen molar-refractivity contribution in [3.63, 3.8) is 0 Å². The van der Waals surface area contributed by atoms with Crippen molar-refractivity contribution in [3.8, 4) is 0 Å². The molecule has 0 aliphatic heterocycles. The van der Waals surface area contributed by atoms with E-state index in [1.54, 1.807) is 17.8 Å². The van der Waals surface area contributed by atoms with Crippen LogP contribution in [0.15, 0.2) is 6.20 Å². The molecule has 0 saturated heterocycles. The molecule has 0 fully saturated rings. The summed E-state index contributed by atoms with van der Waals surface area (Å²) in [5.74, 6) is -0.722. The van der Waals surface area contributed by atoms with E-state index in [4.69, 9.17) is 23.2 Å². The maximum absolute atomic E-state index is 12.7. The summed E-state index contributed by atoms with van der Waals surface area (Å²) in [6.45, 7) is 2.50. The molecule has 0 atom stereocenters. The summed E-state index contributed by atoms with van der Waals surface area (Å²) in [6, 6.07) is 0. The van der Waals surface area contributed by atoms with Gasteiger partial charge in [0.15, 0.2) is 5.69 Å². The van der Waals surface area contributed by atoms with Crippen LogP contribution in [-0.2, 0) is 19.8 Å². The first kappa shape index (κ1) is 18.6. The molecule has 0 unspecified atom stereocenters. The molecule has 2 rings (SSSR count). The molecule has 1 amide bonds. The zero-order valence-electron chi connectivity index (χ0n) is 12.8. The van der Waals surface area contributed by atoms with Crippen LogP contribution in [0.1, 0.15) is 28.3 Å². The maximum atomic E-state index is 12.7.